The molecule has 0 spiro atoms. The molecule has 0 aromatic carbocycles. The minimum absolute atomic E-state index is 0.262. The molecule has 0 aromatic heterocycles. The van der Waals surface area contributed by atoms with E-state index in [4.69, 9.17) is 9.47 Å². The molecule has 1 unspecified atom stereocenters. The van der Waals surface area contributed by atoms with Gasteiger partial charge >= 0.3 is 12.1 Å². The van der Waals surface area contributed by atoms with Crippen molar-refractivity contribution < 1.29 is 19.1 Å². The largest absolute Gasteiger partial charge is 0.516 e. The van der Waals surface area contributed by atoms with Crippen LogP contribution in [0.4, 0.5) is 4.79 Å². The van der Waals surface area contributed by atoms with Gasteiger partial charge in [0.2, 0.25) is 0 Å². The zero-order chi connectivity index (χ0) is 17.0. The maximum absolute atomic E-state index is 12.3. The monoisotopic (exact) mass is 322 g/mol. The van der Waals surface area contributed by atoms with Crippen LogP contribution in [0.15, 0.2) is 11.6 Å². The number of fused-ring (bicyclic) bond motifs is 1. The van der Waals surface area contributed by atoms with E-state index in [0.29, 0.717) is 24.2 Å². The van der Waals surface area contributed by atoms with Gasteiger partial charge in [-0.15, -0.1) is 0 Å². The molecule has 2 aliphatic rings. The molecule has 23 heavy (non-hydrogen) atoms. The summed E-state index contributed by atoms with van der Waals surface area (Å²) < 4.78 is 9.73. The van der Waals surface area contributed by atoms with E-state index in [2.05, 4.69) is 19.9 Å². The van der Waals surface area contributed by atoms with Crippen molar-refractivity contribution in [1.82, 2.24) is 0 Å². The van der Waals surface area contributed by atoms with Gasteiger partial charge in [0.15, 0.2) is 0 Å². The van der Waals surface area contributed by atoms with E-state index < -0.39 is 12.1 Å². The van der Waals surface area contributed by atoms with Crippen LogP contribution in [0.2, 0.25) is 0 Å². The van der Waals surface area contributed by atoms with Crippen LogP contribution in [0.5, 0.6) is 0 Å². The summed E-state index contributed by atoms with van der Waals surface area (Å²) in [6.45, 7) is 8.59. The second-order valence-corrected chi connectivity index (χ2v) is 7.32. The molecule has 130 valence electrons. The molecule has 4 nitrogen and oxygen atoms in total. The Hall–Kier alpha value is -1.32. The minimum Gasteiger partial charge on any atom is -0.434 e. The molecular weight excluding hydrogens is 292 g/mol. The summed E-state index contributed by atoms with van der Waals surface area (Å²) in [5, 5.41) is 0. The molecule has 0 amide bonds. The van der Waals surface area contributed by atoms with E-state index in [1.807, 2.05) is 13.8 Å². The fourth-order valence-corrected chi connectivity index (χ4v) is 4.24. The zero-order valence-electron chi connectivity index (χ0n) is 14.8. The van der Waals surface area contributed by atoms with E-state index >= 15 is 0 Å². The molecule has 0 saturated heterocycles. The van der Waals surface area contributed by atoms with Crippen molar-refractivity contribution in [3.63, 3.8) is 0 Å². The van der Waals surface area contributed by atoms with Crippen molar-refractivity contribution in [2.75, 3.05) is 6.61 Å². The van der Waals surface area contributed by atoms with Crippen LogP contribution in [0.1, 0.15) is 59.8 Å². The Morgan fingerprint density at radius 1 is 1.30 bits per heavy atom. The Labute approximate surface area is 139 Å². The number of esters is 1. The topological polar surface area (TPSA) is 52.6 Å². The first kappa shape index (κ1) is 18.0. The maximum Gasteiger partial charge on any atom is 0.516 e. The van der Waals surface area contributed by atoms with Crippen LogP contribution in [0.3, 0.4) is 0 Å². The van der Waals surface area contributed by atoms with Crippen LogP contribution >= 0.6 is 0 Å². The highest BCUT2D eigenvalue weighted by Crippen LogP contribution is 2.48. The van der Waals surface area contributed by atoms with Crippen molar-refractivity contribution in [1.29, 1.82) is 0 Å². The Kier molecular flexibility index (Phi) is 6.25. The summed E-state index contributed by atoms with van der Waals surface area (Å²) in [5.74, 6) is 1.34. The van der Waals surface area contributed by atoms with Gasteiger partial charge < -0.3 is 9.47 Å². The zero-order valence-corrected chi connectivity index (χ0v) is 14.8. The summed E-state index contributed by atoms with van der Waals surface area (Å²) in [5.41, 5.74) is 1.42. The lowest BCUT2D eigenvalue weighted by Gasteiger charge is -2.45. The van der Waals surface area contributed by atoms with Crippen molar-refractivity contribution >= 4 is 12.1 Å². The van der Waals surface area contributed by atoms with Crippen molar-refractivity contribution in [3.8, 4) is 0 Å². The molecule has 2 aliphatic carbocycles. The Morgan fingerprint density at radius 2 is 2.04 bits per heavy atom. The van der Waals surface area contributed by atoms with E-state index in [0.717, 1.165) is 12.8 Å². The molecule has 4 heteroatoms. The normalized spacial score (nSPS) is 31.6. The fraction of sp³-hybridized carbons (Fsp3) is 0.789. The molecule has 1 fully saturated rings. The van der Waals surface area contributed by atoms with Gasteiger partial charge in [0.1, 0.15) is 0 Å². The van der Waals surface area contributed by atoms with Crippen LogP contribution in [-0.4, -0.2) is 18.7 Å². The van der Waals surface area contributed by atoms with Crippen molar-refractivity contribution in [2.45, 2.75) is 59.8 Å². The van der Waals surface area contributed by atoms with E-state index in [9.17, 15) is 9.59 Å². The highest BCUT2D eigenvalue weighted by atomic mass is 16.7. The first-order valence-electron chi connectivity index (χ1n) is 8.99. The highest BCUT2D eigenvalue weighted by Gasteiger charge is 2.42. The number of carbonyl (C=O) groups is 2. The lowest BCUT2D eigenvalue weighted by Crippen LogP contribution is -2.40. The summed E-state index contributed by atoms with van der Waals surface area (Å²) in [6, 6.07) is 0. The third kappa shape index (κ3) is 4.36. The molecule has 0 aromatic rings. The average Bonchev–Trinajstić information content (AvgIpc) is 2.52. The van der Waals surface area contributed by atoms with Gasteiger partial charge in [0.25, 0.3) is 0 Å². The number of carbonyl (C=O) groups excluding carboxylic acids is 2. The summed E-state index contributed by atoms with van der Waals surface area (Å²) in [7, 11) is 0. The van der Waals surface area contributed by atoms with E-state index in [-0.39, 0.29) is 18.4 Å². The third-order valence-electron chi connectivity index (χ3n) is 5.65. The molecule has 0 N–H and O–H groups in total. The predicted molar refractivity (Wildman–Crippen MR) is 88.8 cm³/mol. The molecule has 0 aliphatic heterocycles. The summed E-state index contributed by atoms with van der Waals surface area (Å²) >= 11 is 0. The third-order valence-corrected chi connectivity index (χ3v) is 5.65. The highest BCUT2D eigenvalue weighted by molar-refractivity contribution is 5.83. The van der Waals surface area contributed by atoms with Crippen LogP contribution in [-0.2, 0) is 14.3 Å². The van der Waals surface area contributed by atoms with Gasteiger partial charge in [-0.05, 0) is 56.3 Å². The summed E-state index contributed by atoms with van der Waals surface area (Å²) in [6.07, 6.45) is 6.77. The lowest BCUT2D eigenvalue weighted by atomic mass is 9.60. The molecule has 1 saturated carbocycles. The van der Waals surface area contributed by atoms with Gasteiger partial charge in [-0.1, -0.05) is 38.8 Å². The van der Waals surface area contributed by atoms with Crippen LogP contribution in [0, 0.1) is 29.6 Å². The van der Waals surface area contributed by atoms with Crippen LogP contribution < -0.4 is 0 Å². The summed E-state index contributed by atoms with van der Waals surface area (Å²) in [4.78, 5) is 23.8. The van der Waals surface area contributed by atoms with Gasteiger partial charge in [0, 0.05) is 0 Å². The Bertz CT molecular complexity index is 468. The average molecular weight is 322 g/mol. The van der Waals surface area contributed by atoms with E-state index in [1.165, 1.54) is 18.4 Å². The predicted octanol–water partition coefficient (Wildman–Crippen LogP) is 4.73. The Balaban J connectivity index is 2.02. The lowest BCUT2D eigenvalue weighted by molar-refractivity contribution is -0.147. The SMILES string of the molecule is CCCOC(=O)OC(=O)C(C)[C@@H]1CC[C@@H](C)[C@@H]2CCC(C)=C[C@@H]21. The standard InChI is InChI=1S/C19H30O4/c1-5-10-22-19(21)23-18(20)14(4)16-9-7-13(3)15-8-6-12(2)11-17(15)16/h11,13-17H,5-10H2,1-4H3/t13-,14?,15+,16+,17+/m1/s1. The fourth-order valence-electron chi connectivity index (χ4n) is 4.24. The first-order valence-corrected chi connectivity index (χ1v) is 8.99. The minimum atomic E-state index is -0.861. The van der Waals surface area contributed by atoms with Crippen molar-refractivity contribution in [2.24, 2.45) is 29.6 Å². The number of allylic oxidation sites excluding steroid dienone is 2. The second kappa shape index (κ2) is 7.98. The van der Waals surface area contributed by atoms with E-state index in [1.54, 1.807) is 0 Å². The van der Waals surface area contributed by atoms with Gasteiger partial charge in [-0.3, -0.25) is 4.79 Å². The molecule has 2 rings (SSSR count). The number of ether oxygens (including phenoxy) is 2. The molecular formula is C19H30O4. The second-order valence-electron chi connectivity index (χ2n) is 7.32. The van der Waals surface area contributed by atoms with Gasteiger partial charge in [0.05, 0.1) is 12.5 Å². The van der Waals surface area contributed by atoms with Gasteiger partial charge in [-0.25, -0.2) is 4.79 Å². The smallest absolute Gasteiger partial charge is 0.434 e. The van der Waals surface area contributed by atoms with Crippen LogP contribution in [0.25, 0.3) is 0 Å². The quantitative estimate of drug-likeness (QED) is 0.426. The first-order chi connectivity index (χ1) is 10.9. The number of hydrogen-bond acceptors (Lipinski definition) is 4. The molecule has 0 radical (unpaired) electrons. The number of rotatable bonds is 4. The number of hydrogen-bond donors (Lipinski definition) is 0. The van der Waals surface area contributed by atoms with Gasteiger partial charge in [-0.2, -0.15) is 0 Å². The maximum atomic E-state index is 12.3. The molecule has 5 atom stereocenters. The molecule has 0 bridgehead atoms. The molecule has 0 heterocycles. The Morgan fingerprint density at radius 3 is 2.74 bits per heavy atom. The van der Waals surface area contributed by atoms with Crippen molar-refractivity contribution in [3.05, 3.63) is 11.6 Å².